The van der Waals surface area contributed by atoms with Crippen molar-refractivity contribution in [3.8, 4) is 0 Å². The largest absolute Gasteiger partial charge is 0.342 e. The third-order valence-electron chi connectivity index (χ3n) is 3.82. The van der Waals surface area contributed by atoms with Crippen LogP contribution in [0.25, 0.3) is 0 Å². The van der Waals surface area contributed by atoms with Gasteiger partial charge in [0.1, 0.15) is 0 Å². The molecule has 4 heteroatoms. The Labute approximate surface area is 121 Å². The maximum absolute atomic E-state index is 12.3. The molecule has 0 spiro atoms. The van der Waals surface area contributed by atoms with Gasteiger partial charge in [0.05, 0.1) is 6.54 Å². The molecule has 0 aromatic heterocycles. The van der Waals surface area contributed by atoms with Crippen molar-refractivity contribution in [2.45, 2.75) is 13.3 Å². The molecule has 0 unspecified atom stereocenters. The summed E-state index contributed by atoms with van der Waals surface area (Å²) in [6.07, 6.45) is 0.933. The van der Waals surface area contributed by atoms with E-state index in [2.05, 4.69) is 29.3 Å². The molecule has 0 atom stereocenters. The van der Waals surface area contributed by atoms with E-state index in [1.807, 2.05) is 23.1 Å². The molecule has 20 heavy (non-hydrogen) atoms. The number of likely N-dealkylation sites (N-methyl/N-ethyl adjacent to an activating group) is 1. The van der Waals surface area contributed by atoms with Crippen LogP contribution < -0.4 is 5.32 Å². The van der Waals surface area contributed by atoms with Gasteiger partial charge in [0.25, 0.3) is 0 Å². The number of piperazine rings is 1. The average Bonchev–Trinajstić information content (AvgIpc) is 2.50. The van der Waals surface area contributed by atoms with Crippen LogP contribution in [-0.4, -0.2) is 61.5 Å². The number of nitrogens with one attached hydrogen (secondary N) is 1. The Morgan fingerprint density at radius 1 is 1.25 bits per heavy atom. The predicted molar refractivity (Wildman–Crippen MR) is 81.7 cm³/mol. The average molecular weight is 275 g/mol. The molecule has 1 aromatic carbocycles. The number of benzene rings is 1. The molecule has 1 aliphatic heterocycles. The van der Waals surface area contributed by atoms with Crippen molar-refractivity contribution in [2.75, 3.05) is 45.8 Å². The van der Waals surface area contributed by atoms with E-state index in [0.29, 0.717) is 6.54 Å². The zero-order chi connectivity index (χ0) is 14.2. The van der Waals surface area contributed by atoms with Crippen LogP contribution in [0.2, 0.25) is 0 Å². The highest BCUT2D eigenvalue weighted by Crippen LogP contribution is 2.03. The molecule has 0 bridgehead atoms. The summed E-state index contributed by atoms with van der Waals surface area (Å²) in [6, 6.07) is 10.4. The standard InChI is InChI=1S/C16H25N3O/c1-2-19(11-8-15-6-4-3-5-7-15)16(20)14-18-12-9-17-10-13-18/h3-7,17H,2,8-14H2,1H3. The number of nitrogens with zero attached hydrogens (tertiary/aromatic N) is 2. The van der Waals surface area contributed by atoms with Crippen LogP contribution in [0.3, 0.4) is 0 Å². The smallest absolute Gasteiger partial charge is 0.236 e. The van der Waals surface area contributed by atoms with E-state index >= 15 is 0 Å². The first-order valence-corrected chi connectivity index (χ1v) is 7.54. The van der Waals surface area contributed by atoms with Crippen LogP contribution >= 0.6 is 0 Å². The molecule has 0 radical (unpaired) electrons. The molecular formula is C16H25N3O. The Balaban J connectivity index is 1.79. The number of hydrogen-bond donors (Lipinski definition) is 1. The van der Waals surface area contributed by atoms with Crippen molar-refractivity contribution in [2.24, 2.45) is 0 Å². The van der Waals surface area contributed by atoms with E-state index in [1.54, 1.807) is 0 Å². The minimum atomic E-state index is 0.255. The van der Waals surface area contributed by atoms with Crippen molar-refractivity contribution in [1.29, 1.82) is 0 Å². The van der Waals surface area contributed by atoms with Gasteiger partial charge in [-0.15, -0.1) is 0 Å². The van der Waals surface area contributed by atoms with Gasteiger partial charge in [-0.25, -0.2) is 0 Å². The van der Waals surface area contributed by atoms with Crippen LogP contribution in [0, 0.1) is 0 Å². The van der Waals surface area contributed by atoms with Gasteiger partial charge in [0, 0.05) is 39.3 Å². The molecule has 0 saturated carbocycles. The topological polar surface area (TPSA) is 35.6 Å². The summed E-state index contributed by atoms with van der Waals surface area (Å²) in [7, 11) is 0. The third kappa shape index (κ3) is 4.62. The fraction of sp³-hybridized carbons (Fsp3) is 0.562. The Morgan fingerprint density at radius 2 is 1.95 bits per heavy atom. The highest BCUT2D eigenvalue weighted by Gasteiger charge is 2.17. The van der Waals surface area contributed by atoms with Gasteiger partial charge >= 0.3 is 0 Å². The zero-order valence-electron chi connectivity index (χ0n) is 12.3. The Kier molecular flexibility index (Phi) is 6.02. The summed E-state index contributed by atoms with van der Waals surface area (Å²) < 4.78 is 0. The van der Waals surface area contributed by atoms with Gasteiger partial charge in [0.2, 0.25) is 5.91 Å². The second-order valence-corrected chi connectivity index (χ2v) is 5.24. The molecule has 1 heterocycles. The predicted octanol–water partition coefficient (Wildman–Crippen LogP) is 0.983. The lowest BCUT2D eigenvalue weighted by molar-refractivity contribution is -0.132. The van der Waals surface area contributed by atoms with Crippen LogP contribution in [0.1, 0.15) is 12.5 Å². The van der Waals surface area contributed by atoms with Crippen LogP contribution in [-0.2, 0) is 11.2 Å². The lowest BCUT2D eigenvalue weighted by atomic mass is 10.1. The van der Waals surface area contributed by atoms with Gasteiger partial charge in [-0.1, -0.05) is 30.3 Å². The lowest BCUT2D eigenvalue weighted by Crippen LogP contribution is -2.48. The number of amides is 1. The van der Waals surface area contributed by atoms with Crippen molar-refractivity contribution in [3.63, 3.8) is 0 Å². The van der Waals surface area contributed by atoms with Crippen molar-refractivity contribution in [3.05, 3.63) is 35.9 Å². The fourth-order valence-corrected chi connectivity index (χ4v) is 2.53. The third-order valence-corrected chi connectivity index (χ3v) is 3.82. The Morgan fingerprint density at radius 3 is 2.60 bits per heavy atom. The highest BCUT2D eigenvalue weighted by molar-refractivity contribution is 5.78. The molecule has 2 rings (SSSR count). The van der Waals surface area contributed by atoms with Crippen molar-refractivity contribution in [1.82, 2.24) is 15.1 Å². The van der Waals surface area contributed by atoms with Gasteiger partial charge in [0.15, 0.2) is 0 Å². The highest BCUT2D eigenvalue weighted by atomic mass is 16.2. The summed E-state index contributed by atoms with van der Waals surface area (Å²) in [5, 5.41) is 3.31. The number of carbonyl (C=O) groups is 1. The van der Waals surface area contributed by atoms with Crippen molar-refractivity contribution < 1.29 is 4.79 Å². The van der Waals surface area contributed by atoms with Crippen LogP contribution in [0.15, 0.2) is 30.3 Å². The summed E-state index contributed by atoms with van der Waals surface area (Å²) >= 11 is 0. The molecular weight excluding hydrogens is 250 g/mol. The SMILES string of the molecule is CCN(CCc1ccccc1)C(=O)CN1CCNCC1. The number of hydrogen-bond acceptors (Lipinski definition) is 3. The van der Waals surface area contributed by atoms with Crippen LogP contribution in [0.4, 0.5) is 0 Å². The van der Waals surface area contributed by atoms with E-state index < -0.39 is 0 Å². The fourth-order valence-electron chi connectivity index (χ4n) is 2.53. The summed E-state index contributed by atoms with van der Waals surface area (Å²) in [6.45, 7) is 8.14. The van der Waals surface area contributed by atoms with Crippen molar-refractivity contribution >= 4 is 5.91 Å². The van der Waals surface area contributed by atoms with Gasteiger partial charge in [-0.2, -0.15) is 0 Å². The minimum Gasteiger partial charge on any atom is -0.342 e. The molecule has 1 amide bonds. The summed E-state index contributed by atoms with van der Waals surface area (Å²) in [5.74, 6) is 0.255. The molecule has 4 nitrogen and oxygen atoms in total. The molecule has 1 fully saturated rings. The molecule has 110 valence electrons. The minimum absolute atomic E-state index is 0.255. The Bertz CT molecular complexity index is 401. The maximum Gasteiger partial charge on any atom is 0.236 e. The van der Waals surface area contributed by atoms with E-state index in [9.17, 15) is 4.79 Å². The molecule has 1 saturated heterocycles. The summed E-state index contributed by atoms with van der Waals surface area (Å²) in [5.41, 5.74) is 1.29. The molecule has 1 aliphatic rings. The van der Waals surface area contributed by atoms with E-state index in [4.69, 9.17) is 0 Å². The zero-order valence-corrected chi connectivity index (χ0v) is 12.3. The maximum atomic E-state index is 12.3. The number of carbonyl (C=O) groups excluding carboxylic acids is 1. The molecule has 0 aliphatic carbocycles. The normalized spacial score (nSPS) is 16.1. The summed E-state index contributed by atoms with van der Waals surface area (Å²) in [4.78, 5) is 16.5. The first-order valence-electron chi connectivity index (χ1n) is 7.54. The first kappa shape index (κ1) is 15.0. The number of rotatable bonds is 6. The van der Waals surface area contributed by atoms with Gasteiger partial charge < -0.3 is 10.2 Å². The molecule has 1 aromatic rings. The molecule has 1 N–H and O–H groups in total. The monoisotopic (exact) mass is 275 g/mol. The Hall–Kier alpha value is -1.39. The van der Waals surface area contributed by atoms with Gasteiger partial charge in [-0.3, -0.25) is 9.69 Å². The van der Waals surface area contributed by atoms with E-state index in [1.165, 1.54) is 5.56 Å². The van der Waals surface area contributed by atoms with E-state index in [-0.39, 0.29) is 5.91 Å². The van der Waals surface area contributed by atoms with Gasteiger partial charge in [-0.05, 0) is 18.9 Å². The second kappa shape index (κ2) is 8.02. The van der Waals surface area contributed by atoms with Crippen LogP contribution in [0.5, 0.6) is 0 Å². The first-order chi connectivity index (χ1) is 9.79. The lowest BCUT2D eigenvalue weighted by Gasteiger charge is -2.29. The quantitative estimate of drug-likeness (QED) is 0.841. The van der Waals surface area contributed by atoms with E-state index in [0.717, 1.165) is 45.7 Å². The second-order valence-electron chi connectivity index (χ2n) is 5.24.